The maximum Gasteiger partial charge on any atom is 0.358 e. The molecule has 0 aliphatic rings. The monoisotopic (exact) mass is 303 g/mol. The van der Waals surface area contributed by atoms with Gasteiger partial charge >= 0.3 is 5.97 Å². The van der Waals surface area contributed by atoms with E-state index in [1.165, 1.54) is 4.68 Å². The van der Waals surface area contributed by atoms with Gasteiger partial charge < -0.3 is 14.6 Å². The van der Waals surface area contributed by atoms with E-state index in [0.717, 1.165) is 5.57 Å². The van der Waals surface area contributed by atoms with Crippen LogP contribution in [-0.2, 0) is 13.2 Å². The molecule has 7 heteroatoms. The molecule has 0 saturated carbocycles. The Kier molecular flexibility index (Phi) is 4.77. The summed E-state index contributed by atoms with van der Waals surface area (Å²) in [7, 11) is 1.56. The Morgan fingerprint density at radius 3 is 2.77 bits per heavy atom. The summed E-state index contributed by atoms with van der Waals surface area (Å²) in [6.45, 7) is 6.04. The lowest BCUT2D eigenvalue weighted by Gasteiger charge is -2.10. The number of ether oxygens (including phenoxy) is 2. The standard InChI is InChI=1S/C15H17N3O4/c1-10(2)8-18-13(14(15(19)20)16-17-18)9-22-12-6-4-5-11(7-12)21-3/h4-7H,1,8-9H2,2-3H3,(H,19,20). The van der Waals surface area contributed by atoms with Crippen molar-refractivity contribution in [3.63, 3.8) is 0 Å². The third kappa shape index (κ3) is 3.63. The third-order valence-corrected chi connectivity index (χ3v) is 2.88. The molecular formula is C15H17N3O4. The van der Waals surface area contributed by atoms with Crippen molar-refractivity contribution in [3.8, 4) is 11.5 Å². The Balaban J connectivity index is 2.21. The number of hydrogen-bond donors (Lipinski definition) is 1. The van der Waals surface area contributed by atoms with Crippen LogP contribution in [0.1, 0.15) is 23.1 Å². The fraction of sp³-hybridized carbons (Fsp3) is 0.267. The van der Waals surface area contributed by atoms with E-state index in [1.54, 1.807) is 31.4 Å². The highest BCUT2D eigenvalue weighted by atomic mass is 16.5. The van der Waals surface area contributed by atoms with Crippen molar-refractivity contribution in [2.24, 2.45) is 0 Å². The molecule has 0 unspecified atom stereocenters. The van der Waals surface area contributed by atoms with Crippen LogP contribution in [0.2, 0.25) is 0 Å². The first-order valence-electron chi connectivity index (χ1n) is 6.58. The van der Waals surface area contributed by atoms with Crippen LogP contribution in [0.15, 0.2) is 36.4 Å². The highest BCUT2D eigenvalue weighted by Crippen LogP contribution is 2.20. The summed E-state index contributed by atoms with van der Waals surface area (Å²) in [4.78, 5) is 11.2. The Hall–Kier alpha value is -2.83. The third-order valence-electron chi connectivity index (χ3n) is 2.88. The van der Waals surface area contributed by atoms with E-state index < -0.39 is 5.97 Å². The van der Waals surface area contributed by atoms with Crippen molar-refractivity contribution in [1.82, 2.24) is 15.0 Å². The number of hydrogen-bond acceptors (Lipinski definition) is 5. The normalized spacial score (nSPS) is 10.3. The second-order valence-electron chi connectivity index (χ2n) is 4.77. The number of allylic oxidation sites excluding steroid dienone is 1. The second-order valence-corrected chi connectivity index (χ2v) is 4.77. The number of aromatic carboxylic acids is 1. The van der Waals surface area contributed by atoms with Crippen molar-refractivity contribution in [1.29, 1.82) is 0 Å². The van der Waals surface area contributed by atoms with Crippen molar-refractivity contribution in [2.45, 2.75) is 20.1 Å². The average molecular weight is 303 g/mol. The van der Waals surface area contributed by atoms with E-state index in [-0.39, 0.29) is 12.3 Å². The molecular weight excluding hydrogens is 286 g/mol. The number of carbonyl (C=O) groups is 1. The van der Waals surface area contributed by atoms with E-state index in [2.05, 4.69) is 16.9 Å². The smallest absolute Gasteiger partial charge is 0.358 e. The summed E-state index contributed by atoms with van der Waals surface area (Å²) in [6, 6.07) is 7.06. The van der Waals surface area contributed by atoms with Crippen LogP contribution in [0.3, 0.4) is 0 Å². The molecule has 0 radical (unpaired) electrons. The number of carboxylic acids is 1. The summed E-state index contributed by atoms with van der Waals surface area (Å²) < 4.78 is 12.2. The minimum atomic E-state index is -1.14. The molecule has 0 spiro atoms. The van der Waals surface area contributed by atoms with Gasteiger partial charge in [-0.1, -0.05) is 23.4 Å². The van der Waals surface area contributed by atoms with Crippen LogP contribution in [0.25, 0.3) is 0 Å². The predicted octanol–water partition coefficient (Wildman–Crippen LogP) is 2.14. The first-order chi connectivity index (χ1) is 10.5. The SMILES string of the molecule is C=C(C)Cn1nnc(C(=O)O)c1COc1cccc(OC)c1. The van der Waals surface area contributed by atoms with Gasteiger partial charge in [-0.2, -0.15) is 0 Å². The van der Waals surface area contributed by atoms with E-state index in [9.17, 15) is 9.90 Å². The summed E-state index contributed by atoms with van der Waals surface area (Å²) in [5.74, 6) is 0.0838. The van der Waals surface area contributed by atoms with E-state index >= 15 is 0 Å². The average Bonchev–Trinajstić information content (AvgIpc) is 2.87. The summed E-state index contributed by atoms with van der Waals surface area (Å²) in [6.07, 6.45) is 0. The first-order valence-corrected chi connectivity index (χ1v) is 6.58. The van der Waals surface area contributed by atoms with Gasteiger partial charge in [0.15, 0.2) is 5.69 Å². The summed E-state index contributed by atoms with van der Waals surface area (Å²) in [5, 5.41) is 16.7. The Bertz CT molecular complexity index is 694. The zero-order chi connectivity index (χ0) is 16.1. The molecule has 0 fully saturated rings. The molecule has 0 bridgehead atoms. The molecule has 0 atom stereocenters. The molecule has 0 aliphatic carbocycles. The fourth-order valence-corrected chi connectivity index (χ4v) is 1.87. The Morgan fingerprint density at radius 2 is 2.14 bits per heavy atom. The molecule has 1 aromatic heterocycles. The molecule has 116 valence electrons. The van der Waals surface area contributed by atoms with Crippen molar-refractivity contribution in [2.75, 3.05) is 7.11 Å². The van der Waals surface area contributed by atoms with Crippen LogP contribution >= 0.6 is 0 Å². The maximum atomic E-state index is 11.2. The summed E-state index contributed by atoms with van der Waals surface area (Å²) in [5.41, 5.74) is 1.10. The highest BCUT2D eigenvalue weighted by molar-refractivity contribution is 5.86. The van der Waals surface area contributed by atoms with Crippen LogP contribution in [0.4, 0.5) is 0 Å². The quantitative estimate of drug-likeness (QED) is 0.789. The van der Waals surface area contributed by atoms with Gasteiger partial charge in [0.2, 0.25) is 0 Å². The van der Waals surface area contributed by atoms with E-state index in [1.807, 2.05) is 6.92 Å². The van der Waals surface area contributed by atoms with E-state index in [4.69, 9.17) is 9.47 Å². The first kappa shape index (κ1) is 15.6. The topological polar surface area (TPSA) is 86.5 Å². The van der Waals surface area contributed by atoms with Crippen molar-refractivity contribution < 1.29 is 19.4 Å². The van der Waals surface area contributed by atoms with Gasteiger partial charge in [-0.3, -0.25) is 0 Å². The fourth-order valence-electron chi connectivity index (χ4n) is 1.87. The second kappa shape index (κ2) is 6.75. The van der Waals surface area contributed by atoms with Gasteiger partial charge in [0, 0.05) is 6.07 Å². The van der Waals surface area contributed by atoms with Gasteiger partial charge in [-0.15, -0.1) is 5.10 Å². The Labute approximate surface area is 127 Å². The number of aromatic nitrogens is 3. The molecule has 1 heterocycles. The maximum absolute atomic E-state index is 11.2. The molecule has 0 aliphatic heterocycles. The minimum absolute atomic E-state index is 0.0368. The molecule has 2 aromatic rings. The van der Waals surface area contributed by atoms with Crippen LogP contribution in [0.5, 0.6) is 11.5 Å². The molecule has 1 aromatic carbocycles. The van der Waals surface area contributed by atoms with Gasteiger partial charge in [0.1, 0.15) is 23.8 Å². The molecule has 22 heavy (non-hydrogen) atoms. The van der Waals surface area contributed by atoms with Gasteiger partial charge in [0.05, 0.1) is 13.7 Å². The van der Waals surface area contributed by atoms with Crippen LogP contribution < -0.4 is 9.47 Å². The zero-order valence-electron chi connectivity index (χ0n) is 12.4. The number of methoxy groups -OCH3 is 1. The molecule has 2 rings (SSSR count). The lowest BCUT2D eigenvalue weighted by Crippen LogP contribution is -2.12. The molecule has 7 nitrogen and oxygen atoms in total. The molecule has 0 amide bonds. The van der Waals surface area contributed by atoms with Gasteiger partial charge in [0.25, 0.3) is 0 Å². The van der Waals surface area contributed by atoms with Crippen LogP contribution in [-0.4, -0.2) is 33.2 Å². The molecule has 1 N–H and O–H groups in total. The lowest BCUT2D eigenvalue weighted by molar-refractivity contribution is 0.0687. The largest absolute Gasteiger partial charge is 0.497 e. The Morgan fingerprint density at radius 1 is 1.41 bits per heavy atom. The minimum Gasteiger partial charge on any atom is -0.497 e. The van der Waals surface area contributed by atoms with Crippen LogP contribution in [0, 0.1) is 0 Å². The number of nitrogens with zero attached hydrogens (tertiary/aromatic N) is 3. The number of carboxylic acid groups (broad SMARTS) is 1. The number of rotatable bonds is 7. The van der Waals surface area contributed by atoms with Gasteiger partial charge in [-0.05, 0) is 19.1 Å². The predicted molar refractivity (Wildman–Crippen MR) is 79.1 cm³/mol. The zero-order valence-corrected chi connectivity index (χ0v) is 12.4. The summed E-state index contributed by atoms with van der Waals surface area (Å²) >= 11 is 0. The number of benzene rings is 1. The highest BCUT2D eigenvalue weighted by Gasteiger charge is 2.19. The molecule has 0 saturated heterocycles. The van der Waals surface area contributed by atoms with E-state index in [0.29, 0.717) is 23.7 Å². The van der Waals surface area contributed by atoms with Crippen molar-refractivity contribution in [3.05, 3.63) is 47.8 Å². The van der Waals surface area contributed by atoms with Gasteiger partial charge in [-0.25, -0.2) is 9.48 Å². The lowest BCUT2D eigenvalue weighted by atomic mass is 10.3. The van der Waals surface area contributed by atoms with Crippen molar-refractivity contribution >= 4 is 5.97 Å².